The molecule has 2 aromatic rings. The molecule has 0 bridgehead atoms. The molecule has 1 N–H and O–H groups in total. The maximum absolute atomic E-state index is 8.93. The van der Waals surface area contributed by atoms with Crippen LogP contribution in [0.3, 0.4) is 0 Å². The topological polar surface area (TPSA) is 70.9 Å². The van der Waals surface area contributed by atoms with E-state index in [1.54, 1.807) is 26.4 Å². The van der Waals surface area contributed by atoms with Gasteiger partial charge in [-0.05, 0) is 18.2 Å². The smallest absolute Gasteiger partial charge is 0.161 e. The third-order valence-corrected chi connectivity index (χ3v) is 2.43. The molecule has 0 amide bonds. The van der Waals surface area contributed by atoms with Crippen LogP contribution in [0.4, 0.5) is 0 Å². The standard InChI is InChI=1S/C12H11N3O2/c1-16-10-4-3-8(5-11(10)17-2)12-9(6-13)7-14-15-12/h3-5,7H,1-2H3,(H,14,15). The zero-order valence-electron chi connectivity index (χ0n) is 9.52. The Balaban J connectivity index is 2.51. The summed E-state index contributed by atoms with van der Waals surface area (Å²) in [6, 6.07) is 7.50. The van der Waals surface area contributed by atoms with Gasteiger partial charge in [0.05, 0.1) is 31.7 Å². The highest BCUT2D eigenvalue weighted by Gasteiger charge is 2.10. The van der Waals surface area contributed by atoms with Gasteiger partial charge in [0.2, 0.25) is 0 Å². The van der Waals surface area contributed by atoms with E-state index in [1.807, 2.05) is 6.07 Å². The molecule has 86 valence electrons. The van der Waals surface area contributed by atoms with E-state index in [2.05, 4.69) is 16.3 Å². The highest BCUT2D eigenvalue weighted by atomic mass is 16.5. The minimum Gasteiger partial charge on any atom is -0.493 e. The Bertz CT molecular complexity index is 569. The summed E-state index contributed by atoms with van der Waals surface area (Å²) in [5.74, 6) is 1.26. The highest BCUT2D eigenvalue weighted by Crippen LogP contribution is 2.32. The highest BCUT2D eigenvalue weighted by molar-refractivity contribution is 5.68. The lowest BCUT2D eigenvalue weighted by molar-refractivity contribution is 0.355. The van der Waals surface area contributed by atoms with Crippen LogP contribution in [-0.2, 0) is 0 Å². The number of nitriles is 1. The third kappa shape index (κ3) is 1.93. The molecule has 5 heteroatoms. The molecule has 0 unspecified atom stereocenters. The number of hydrogen-bond acceptors (Lipinski definition) is 4. The van der Waals surface area contributed by atoms with Crippen molar-refractivity contribution in [1.29, 1.82) is 5.26 Å². The summed E-state index contributed by atoms with van der Waals surface area (Å²) in [7, 11) is 3.15. The van der Waals surface area contributed by atoms with Crippen LogP contribution >= 0.6 is 0 Å². The van der Waals surface area contributed by atoms with Crippen molar-refractivity contribution in [3.8, 4) is 28.8 Å². The molecule has 0 spiro atoms. The largest absolute Gasteiger partial charge is 0.493 e. The number of benzene rings is 1. The molecular weight excluding hydrogens is 218 g/mol. The summed E-state index contributed by atoms with van der Waals surface area (Å²) < 4.78 is 10.4. The normalized spacial score (nSPS) is 9.71. The third-order valence-electron chi connectivity index (χ3n) is 2.43. The van der Waals surface area contributed by atoms with E-state index in [9.17, 15) is 0 Å². The minimum absolute atomic E-state index is 0.497. The first-order chi connectivity index (χ1) is 8.30. The van der Waals surface area contributed by atoms with Crippen LogP contribution in [0.2, 0.25) is 0 Å². The fourth-order valence-corrected chi connectivity index (χ4v) is 1.58. The van der Waals surface area contributed by atoms with Crippen molar-refractivity contribution >= 4 is 0 Å². The van der Waals surface area contributed by atoms with Crippen molar-refractivity contribution in [2.75, 3.05) is 14.2 Å². The fraction of sp³-hybridized carbons (Fsp3) is 0.167. The van der Waals surface area contributed by atoms with Crippen LogP contribution in [0.25, 0.3) is 11.3 Å². The lowest BCUT2D eigenvalue weighted by Gasteiger charge is -2.08. The average Bonchev–Trinajstić information content (AvgIpc) is 2.86. The van der Waals surface area contributed by atoms with Crippen molar-refractivity contribution in [2.24, 2.45) is 0 Å². The van der Waals surface area contributed by atoms with Gasteiger partial charge in [-0.15, -0.1) is 0 Å². The van der Waals surface area contributed by atoms with Crippen LogP contribution in [0.1, 0.15) is 5.56 Å². The summed E-state index contributed by atoms with van der Waals surface area (Å²) in [6.07, 6.45) is 1.49. The zero-order chi connectivity index (χ0) is 12.3. The molecule has 0 fully saturated rings. The summed E-state index contributed by atoms with van der Waals surface area (Å²) in [5.41, 5.74) is 2.00. The molecule has 1 aromatic heterocycles. The second kappa shape index (κ2) is 4.58. The molecular formula is C12H11N3O2. The minimum atomic E-state index is 0.497. The molecule has 2 rings (SSSR count). The number of methoxy groups -OCH3 is 2. The van der Waals surface area contributed by atoms with Gasteiger partial charge in [0, 0.05) is 5.56 Å². The first kappa shape index (κ1) is 11.0. The summed E-state index contributed by atoms with van der Waals surface area (Å²) in [5, 5.41) is 15.6. The Labute approximate surface area is 98.6 Å². The molecule has 0 aliphatic rings. The maximum atomic E-state index is 8.93. The number of ether oxygens (including phenoxy) is 2. The summed E-state index contributed by atoms with van der Waals surface area (Å²) >= 11 is 0. The van der Waals surface area contributed by atoms with Crippen molar-refractivity contribution < 1.29 is 9.47 Å². The Kier molecular flexibility index (Phi) is 2.97. The number of hydrogen-bond donors (Lipinski definition) is 1. The van der Waals surface area contributed by atoms with E-state index in [0.717, 1.165) is 5.56 Å². The first-order valence-corrected chi connectivity index (χ1v) is 4.96. The lowest BCUT2D eigenvalue weighted by atomic mass is 10.1. The number of aromatic amines is 1. The zero-order valence-corrected chi connectivity index (χ0v) is 9.52. The van der Waals surface area contributed by atoms with Crippen molar-refractivity contribution in [1.82, 2.24) is 10.2 Å². The molecule has 0 saturated heterocycles. The van der Waals surface area contributed by atoms with Crippen LogP contribution < -0.4 is 9.47 Å². The van der Waals surface area contributed by atoms with Gasteiger partial charge in [-0.1, -0.05) is 0 Å². The SMILES string of the molecule is COc1ccc(-c2[nH]ncc2C#N)cc1OC. The van der Waals surface area contributed by atoms with Crippen molar-refractivity contribution in [3.63, 3.8) is 0 Å². The van der Waals surface area contributed by atoms with Gasteiger partial charge in [0.15, 0.2) is 11.5 Å². The van der Waals surface area contributed by atoms with Crippen molar-refractivity contribution in [3.05, 3.63) is 30.0 Å². The number of aromatic nitrogens is 2. The van der Waals surface area contributed by atoms with Crippen LogP contribution in [0.15, 0.2) is 24.4 Å². The lowest BCUT2D eigenvalue weighted by Crippen LogP contribution is -1.91. The second-order valence-corrected chi connectivity index (χ2v) is 3.34. The second-order valence-electron chi connectivity index (χ2n) is 3.34. The van der Waals surface area contributed by atoms with Gasteiger partial charge in [0.1, 0.15) is 6.07 Å². The van der Waals surface area contributed by atoms with Crippen LogP contribution in [-0.4, -0.2) is 24.4 Å². The number of H-pyrrole nitrogens is 1. The van der Waals surface area contributed by atoms with E-state index in [1.165, 1.54) is 6.20 Å². The predicted molar refractivity (Wildman–Crippen MR) is 61.8 cm³/mol. The Hall–Kier alpha value is -2.48. The van der Waals surface area contributed by atoms with E-state index in [0.29, 0.717) is 22.8 Å². The molecule has 1 aromatic carbocycles. The van der Waals surface area contributed by atoms with E-state index in [4.69, 9.17) is 14.7 Å². The van der Waals surface area contributed by atoms with Gasteiger partial charge in [-0.2, -0.15) is 10.4 Å². The fourth-order valence-electron chi connectivity index (χ4n) is 1.58. The molecule has 17 heavy (non-hydrogen) atoms. The molecule has 0 aliphatic heterocycles. The monoisotopic (exact) mass is 229 g/mol. The van der Waals surface area contributed by atoms with Gasteiger partial charge in [0.25, 0.3) is 0 Å². The maximum Gasteiger partial charge on any atom is 0.161 e. The Morgan fingerprint density at radius 1 is 1.24 bits per heavy atom. The molecule has 1 heterocycles. The van der Waals surface area contributed by atoms with Crippen molar-refractivity contribution in [2.45, 2.75) is 0 Å². The number of rotatable bonds is 3. The van der Waals surface area contributed by atoms with Gasteiger partial charge in [-0.3, -0.25) is 5.10 Å². The van der Waals surface area contributed by atoms with Crippen LogP contribution in [0.5, 0.6) is 11.5 Å². The quantitative estimate of drug-likeness (QED) is 0.873. The number of nitrogens with zero attached hydrogens (tertiary/aromatic N) is 2. The van der Waals surface area contributed by atoms with Gasteiger partial charge in [-0.25, -0.2) is 0 Å². The molecule has 0 saturated carbocycles. The Morgan fingerprint density at radius 3 is 2.65 bits per heavy atom. The first-order valence-electron chi connectivity index (χ1n) is 4.96. The van der Waals surface area contributed by atoms with Crippen LogP contribution in [0, 0.1) is 11.3 Å². The summed E-state index contributed by atoms with van der Waals surface area (Å²) in [4.78, 5) is 0. The summed E-state index contributed by atoms with van der Waals surface area (Å²) in [6.45, 7) is 0. The predicted octanol–water partition coefficient (Wildman–Crippen LogP) is 1.97. The van der Waals surface area contributed by atoms with E-state index < -0.39 is 0 Å². The molecule has 0 aliphatic carbocycles. The van der Waals surface area contributed by atoms with E-state index in [-0.39, 0.29) is 0 Å². The molecule has 0 radical (unpaired) electrons. The van der Waals surface area contributed by atoms with Gasteiger partial charge >= 0.3 is 0 Å². The number of nitrogens with one attached hydrogen (secondary N) is 1. The molecule has 0 atom stereocenters. The Morgan fingerprint density at radius 2 is 2.00 bits per heavy atom. The van der Waals surface area contributed by atoms with E-state index >= 15 is 0 Å². The molecule has 5 nitrogen and oxygen atoms in total. The van der Waals surface area contributed by atoms with Gasteiger partial charge < -0.3 is 9.47 Å². The average molecular weight is 229 g/mol.